The van der Waals surface area contributed by atoms with Crippen molar-refractivity contribution in [3.05, 3.63) is 30.3 Å². The number of hydrogen-bond acceptors (Lipinski definition) is 3. The molecule has 1 fully saturated rings. The summed E-state index contributed by atoms with van der Waals surface area (Å²) >= 11 is 0. The van der Waals surface area contributed by atoms with Gasteiger partial charge in [0.05, 0.1) is 6.67 Å². The zero-order valence-corrected chi connectivity index (χ0v) is 15.3. The highest BCUT2D eigenvalue weighted by atomic mass is 16.2. The van der Waals surface area contributed by atoms with Crippen molar-refractivity contribution >= 4 is 11.6 Å². The highest BCUT2D eigenvalue weighted by Crippen LogP contribution is 2.19. The number of nitrogens with zero attached hydrogens (tertiary/aromatic N) is 2. The first-order chi connectivity index (χ1) is 11.7. The summed E-state index contributed by atoms with van der Waals surface area (Å²) in [6.07, 6.45) is 6.27. The van der Waals surface area contributed by atoms with E-state index in [9.17, 15) is 4.79 Å². The van der Waals surface area contributed by atoms with Crippen molar-refractivity contribution in [1.29, 1.82) is 0 Å². The molecule has 1 heterocycles. The van der Waals surface area contributed by atoms with Gasteiger partial charge in [0.15, 0.2) is 0 Å². The van der Waals surface area contributed by atoms with Gasteiger partial charge in [-0.25, -0.2) is 0 Å². The Hall–Kier alpha value is -1.55. The minimum atomic E-state index is 0.285. The van der Waals surface area contributed by atoms with Crippen molar-refractivity contribution in [2.24, 2.45) is 0 Å². The second-order valence-electron chi connectivity index (χ2n) is 6.74. The molecule has 134 valence electrons. The second-order valence-corrected chi connectivity index (χ2v) is 6.74. The molecule has 1 aromatic carbocycles. The average Bonchev–Trinajstić information content (AvgIpc) is 2.62. The van der Waals surface area contributed by atoms with E-state index < -0.39 is 0 Å². The van der Waals surface area contributed by atoms with Crippen LogP contribution in [0.1, 0.15) is 52.4 Å². The lowest BCUT2D eigenvalue weighted by Crippen LogP contribution is -2.49. The lowest BCUT2D eigenvalue weighted by Gasteiger charge is -2.39. The Balaban J connectivity index is 1.90. The summed E-state index contributed by atoms with van der Waals surface area (Å²) in [7, 11) is 0. The molecule has 2 rings (SSSR count). The van der Waals surface area contributed by atoms with Gasteiger partial charge in [0, 0.05) is 31.2 Å². The van der Waals surface area contributed by atoms with E-state index in [0.29, 0.717) is 19.1 Å². The maximum atomic E-state index is 12.6. The van der Waals surface area contributed by atoms with Gasteiger partial charge in [-0.15, -0.1) is 0 Å². The number of benzene rings is 1. The summed E-state index contributed by atoms with van der Waals surface area (Å²) in [5.74, 6) is 0.285. The van der Waals surface area contributed by atoms with Crippen LogP contribution in [0.5, 0.6) is 0 Å². The van der Waals surface area contributed by atoms with Crippen molar-refractivity contribution in [3.63, 3.8) is 0 Å². The van der Waals surface area contributed by atoms with Crippen molar-refractivity contribution in [2.45, 2.75) is 58.4 Å². The molecule has 4 nitrogen and oxygen atoms in total. The fraction of sp³-hybridized carbons (Fsp3) is 0.650. The van der Waals surface area contributed by atoms with Crippen LogP contribution in [-0.4, -0.2) is 48.1 Å². The molecule has 0 unspecified atom stereocenters. The zero-order chi connectivity index (χ0) is 17.2. The minimum Gasteiger partial charge on any atom is -0.368 e. The number of carbonyl (C=O) groups is 1. The lowest BCUT2D eigenvalue weighted by atomic mass is 10.0. The smallest absolute Gasteiger partial charge is 0.224 e. The molecule has 0 radical (unpaired) electrons. The third-order valence-electron chi connectivity index (χ3n) is 4.84. The molecule has 0 aromatic heterocycles. The van der Waals surface area contributed by atoms with Gasteiger partial charge in [-0.1, -0.05) is 38.5 Å². The van der Waals surface area contributed by atoms with E-state index in [-0.39, 0.29) is 5.91 Å². The summed E-state index contributed by atoms with van der Waals surface area (Å²) in [5.41, 5.74) is 1.08. The van der Waals surface area contributed by atoms with Gasteiger partial charge < -0.3 is 15.1 Å². The first kappa shape index (κ1) is 18.8. The van der Waals surface area contributed by atoms with E-state index in [2.05, 4.69) is 41.1 Å². The fourth-order valence-corrected chi connectivity index (χ4v) is 3.35. The molecule has 1 aliphatic rings. The largest absolute Gasteiger partial charge is 0.368 e. The Morgan fingerprint density at radius 2 is 1.88 bits per heavy atom. The first-order valence-corrected chi connectivity index (χ1v) is 9.55. The molecule has 0 saturated carbocycles. The number of unbranched alkanes of at least 4 members (excludes halogenated alkanes) is 1. The predicted octanol–water partition coefficient (Wildman–Crippen LogP) is 3.95. The van der Waals surface area contributed by atoms with Gasteiger partial charge in [-0.2, -0.15) is 0 Å². The average molecular weight is 332 g/mol. The van der Waals surface area contributed by atoms with Crippen molar-refractivity contribution in [3.8, 4) is 0 Å². The fourth-order valence-electron chi connectivity index (χ4n) is 3.35. The van der Waals surface area contributed by atoms with E-state index >= 15 is 0 Å². The van der Waals surface area contributed by atoms with Crippen molar-refractivity contribution in [1.82, 2.24) is 9.80 Å². The number of amides is 1. The normalized spacial score (nSPS) is 16.1. The minimum absolute atomic E-state index is 0.285. The van der Waals surface area contributed by atoms with Crippen LogP contribution in [0.25, 0.3) is 0 Å². The summed E-state index contributed by atoms with van der Waals surface area (Å²) in [6.45, 7) is 8.37. The number of carbonyl (C=O) groups excluding carboxylic acids is 1. The highest BCUT2D eigenvalue weighted by Gasteiger charge is 2.27. The monoisotopic (exact) mass is 331 g/mol. The number of hydrogen-bond donors (Lipinski definition) is 1. The maximum absolute atomic E-state index is 12.6. The summed E-state index contributed by atoms with van der Waals surface area (Å²) in [6, 6.07) is 10.5. The first-order valence-electron chi connectivity index (χ1n) is 9.55. The molecular weight excluding hydrogens is 298 g/mol. The van der Waals surface area contributed by atoms with Crippen LogP contribution in [-0.2, 0) is 4.79 Å². The van der Waals surface area contributed by atoms with E-state index in [1.54, 1.807) is 0 Å². The number of piperidine rings is 1. The quantitative estimate of drug-likeness (QED) is 0.696. The van der Waals surface area contributed by atoms with Gasteiger partial charge in [0.2, 0.25) is 5.91 Å². The number of rotatable bonds is 9. The topological polar surface area (TPSA) is 35.6 Å². The summed E-state index contributed by atoms with van der Waals surface area (Å²) in [5, 5.41) is 3.42. The van der Waals surface area contributed by atoms with E-state index in [4.69, 9.17) is 0 Å². The molecular formula is C20H33N3O. The van der Waals surface area contributed by atoms with Crippen LogP contribution in [0, 0.1) is 0 Å². The Bertz CT molecular complexity index is 469. The molecule has 1 N–H and O–H groups in total. The van der Waals surface area contributed by atoms with Crippen LogP contribution in [0.4, 0.5) is 5.69 Å². The molecule has 24 heavy (non-hydrogen) atoms. The second kappa shape index (κ2) is 10.3. The maximum Gasteiger partial charge on any atom is 0.224 e. The summed E-state index contributed by atoms with van der Waals surface area (Å²) < 4.78 is 0. The molecule has 4 heteroatoms. The number of para-hydroxylation sites is 1. The molecule has 1 amide bonds. The molecule has 1 aliphatic heterocycles. The number of nitrogens with one attached hydrogen (secondary N) is 1. The molecule has 0 spiro atoms. The molecule has 0 atom stereocenters. The Labute approximate surface area is 147 Å². The van der Waals surface area contributed by atoms with Crippen LogP contribution < -0.4 is 5.32 Å². The molecule has 0 bridgehead atoms. The molecule has 1 aromatic rings. The molecule has 0 aliphatic carbocycles. The van der Waals surface area contributed by atoms with E-state index in [1.807, 2.05) is 18.2 Å². The van der Waals surface area contributed by atoms with Crippen LogP contribution >= 0.6 is 0 Å². The lowest BCUT2D eigenvalue weighted by molar-refractivity contribution is -0.134. The van der Waals surface area contributed by atoms with Gasteiger partial charge in [0.1, 0.15) is 0 Å². The Morgan fingerprint density at radius 3 is 2.50 bits per heavy atom. The van der Waals surface area contributed by atoms with Gasteiger partial charge in [-0.05, 0) is 44.4 Å². The van der Waals surface area contributed by atoms with Gasteiger partial charge in [-0.3, -0.25) is 4.79 Å². The van der Waals surface area contributed by atoms with Gasteiger partial charge in [0.25, 0.3) is 0 Å². The Kier molecular flexibility index (Phi) is 8.10. The van der Waals surface area contributed by atoms with E-state index in [1.165, 1.54) is 19.4 Å². The number of anilines is 1. The van der Waals surface area contributed by atoms with Crippen LogP contribution in [0.15, 0.2) is 30.3 Å². The predicted molar refractivity (Wildman–Crippen MR) is 101 cm³/mol. The summed E-state index contributed by atoms with van der Waals surface area (Å²) in [4.78, 5) is 17.2. The zero-order valence-electron chi connectivity index (χ0n) is 15.3. The third-order valence-corrected chi connectivity index (χ3v) is 4.84. The van der Waals surface area contributed by atoms with Crippen molar-refractivity contribution in [2.75, 3.05) is 31.6 Å². The standard InChI is InChI=1S/C20H33N3O/c1-3-5-14-22-15-12-19(13-16-22)23(20(24)9-4-2)17-21-18-10-7-6-8-11-18/h6-8,10-11,19,21H,3-5,9,12-17H2,1-2H3. The van der Waals surface area contributed by atoms with Crippen LogP contribution in [0.3, 0.4) is 0 Å². The number of likely N-dealkylation sites (tertiary alicyclic amines) is 1. The third kappa shape index (κ3) is 5.82. The van der Waals surface area contributed by atoms with Crippen molar-refractivity contribution < 1.29 is 4.79 Å². The molecule has 1 saturated heterocycles. The van der Waals surface area contributed by atoms with E-state index in [0.717, 1.165) is 38.0 Å². The highest BCUT2D eigenvalue weighted by molar-refractivity contribution is 5.76. The van der Waals surface area contributed by atoms with Gasteiger partial charge >= 0.3 is 0 Å². The Morgan fingerprint density at radius 1 is 1.17 bits per heavy atom. The SMILES string of the molecule is CCCCN1CCC(N(CNc2ccccc2)C(=O)CCC)CC1. The van der Waals surface area contributed by atoms with Crippen LogP contribution in [0.2, 0.25) is 0 Å².